The van der Waals surface area contributed by atoms with Gasteiger partial charge >= 0.3 is 56.9 Å². The molecule has 12 heteroatoms. The molecule has 0 fully saturated rings. The summed E-state index contributed by atoms with van der Waals surface area (Å²) in [6, 6.07) is 11.5. The molecule has 0 aliphatic carbocycles. The van der Waals surface area contributed by atoms with E-state index in [0.717, 1.165) is 6.07 Å². The van der Waals surface area contributed by atoms with Gasteiger partial charge in [0.25, 0.3) is 0 Å². The van der Waals surface area contributed by atoms with Gasteiger partial charge in [-0.2, -0.15) is 43.0 Å². The van der Waals surface area contributed by atoms with E-state index < -0.39 is 15.5 Å². The second-order valence-electron chi connectivity index (χ2n) is 6.19. The molecule has 2 aromatic carbocycles. The average molecular weight is 521 g/mol. The summed E-state index contributed by atoms with van der Waals surface area (Å²) in [4.78, 5) is 9.59. The number of halogens is 4. The predicted molar refractivity (Wildman–Crippen MR) is 111 cm³/mol. The molecule has 2 rings (SSSR count). The first kappa shape index (κ1) is 30.9. The number of hydrogen-bond donors (Lipinski definition) is 2. The fourth-order valence-corrected chi connectivity index (χ4v) is 4.11. The quantitative estimate of drug-likeness (QED) is 0.331. The normalized spacial score (nSPS) is 12.3. The monoisotopic (exact) mass is 520 g/mol. The van der Waals surface area contributed by atoms with E-state index in [-0.39, 0.29) is 102 Å². The Hall–Kier alpha value is -0.114. The van der Waals surface area contributed by atoms with Gasteiger partial charge in [0.1, 0.15) is 0 Å². The smallest absolute Gasteiger partial charge is 0.541 e. The Balaban J connectivity index is 0.000000858. The summed E-state index contributed by atoms with van der Waals surface area (Å²) in [7, 11) is -4.00. The van der Waals surface area contributed by atoms with Crippen LogP contribution in [0.15, 0.2) is 52.3 Å². The zero-order valence-corrected chi connectivity index (χ0v) is 22.4. The molecule has 166 valence electrons. The topological polar surface area (TPSA) is 83.5 Å². The molecule has 0 bridgehead atoms. The van der Waals surface area contributed by atoms with Crippen LogP contribution in [0.3, 0.4) is 0 Å². The minimum absolute atomic E-state index is 0. The summed E-state index contributed by atoms with van der Waals surface area (Å²) in [5.74, 6) is -0.0903. The first-order valence-corrected chi connectivity index (χ1v) is 11.1. The third-order valence-electron chi connectivity index (χ3n) is 3.54. The molecule has 0 aliphatic heterocycles. The number of rotatable bonds is 7. The van der Waals surface area contributed by atoms with Crippen LogP contribution in [0.4, 0.5) is 18.9 Å². The number of nitrogens with one attached hydrogen (secondary N) is 1. The molecule has 0 amide bonds. The van der Waals surface area contributed by atoms with Crippen LogP contribution in [0.25, 0.3) is 0 Å². The number of aliphatic hydroxyl groups excluding tert-OH is 1. The van der Waals surface area contributed by atoms with Crippen LogP contribution in [0.1, 0.15) is 13.8 Å². The molecule has 0 saturated heterocycles. The van der Waals surface area contributed by atoms with E-state index in [1.165, 1.54) is 36.4 Å². The van der Waals surface area contributed by atoms with Crippen molar-refractivity contribution >= 4 is 45.4 Å². The van der Waals surface area contributed by atoms with E-state index in [1.807, 2.05) is 13.8 Å². The molecule has 0 spiro atoms. The predicted octanol–water partition coefficient (Wildman–Crippen LogP) is 1.92. The van der Waals surface area contributed by atoms with Crippen molar-refractivity contribution < 1.29 is 82.9 Å². The number of carbonyl (C=O) groups excluding carboxylic acids is 1. The van der Waals surface area contributed by atoms with Crippen molar-refractivity contribution in [2.24, 2.45) is 11.8 Å². The Morgan fingerprint density at radius 3 is 2.39 bits per heavy atom. The van der Waals surface area contributed by atoms with Crippen LogP contribution < -0.4 is 56.1 Å². The van der Waals surface area contributed by atoms with Crippen molar-refractivity contribution in [3.05, 3.63) is 53.6 Å². The van der Waals surface area contributed by atoms with E-state index in [9.17, 15) is 26.4 Å². The third-order valence-corrected chi connectivity index (χ3v) is 6.12. The van der Waals surface area contributed by atoms with Crippen LogP contribution >= 0.6 is 23.4 Å². The van der Waals surface area contributed by atoms with Gasteiger partial charge in [0, 0.05) is 17.2 Å². The first-order valence-electron chi connectivity index (χ1n) is 8.42. The number of thioether (sulfide) groups is 1. The molecule has 31 heavy (non-hydrogen) atoms. The molecule has 0 saturated carbocycles. The minimum Gasteiger partial charge on any atom is -0.541 e. The van der Waals surface area contributed by atoms with Crippen molar-refractivity contribution in [3.8, 4) is 0 Å². The van der Waals surface area contributed by atoms with Gasteiger partial charge in [-0.1, -0.05) is 30.9 Å². The maximum Gasteiger partial charge on any atom is 1.00 e. The van der Waals surface area contributed by atoms with Gasteiger partial charge in [0.2, 0.25) is 10.0 Å². The maximum absolute atomic E-state index is 12.3. The van der Waals surface area contributed by atoms with Crippen LogP contribution in [0.2, 0.25) is 5.02 Å². The second-order valence-corrected chi connectivity index (χ2v) is 9.39. The molecule has 0 radical (unpaired) electrons. The summed E-state index contributed by atoms with van der Waals surface area (Å²) in [6.07, 6.45) is 1.75. The fraction of sp³-hybridized carbons (Fsp3) is 0.316. The van der Waals surface area contributed by atoms with E-state index >= 15 is 0 Å². The van der Waals surface area contributed by atoms with Crippen molar-refractivity contribution in [1.82, 2.24) is 0 Å². The van der Waals surface area contributed by atoms with Crippen molar-refractivity contribution in [2.45, 2.75) is 29.1 Å². The summed E-state index contributed by atoms with van der Waals surface area (Å²) >= 11 is 5.46. The summed E-state index contributed by atoms with van der Waals surface area (Å²) < 4.78 is 63.6. The molecular weight excluding hydrogens is 502 g/mol. The Morgan fingerprint density at radius 2 is 1.94 bits per heavy atom. The molecular formula is C19H19ClF3KNO4S2-. The fourth-order valence-electron chi connectivity index (χ4n) is 1.96. The number of anilines is 1. The number of hydrogen-bond acceptors (Lipinski definition) is 5. The molecule has 1 atom stereocenters. The second kappa shape index (κ2) is 14.2. The average Bonchev–Trinajstić information content (AvgIpc) is 2.61. The van der Waals surface area contributed by atoms with Crippen molar-refractivity contribution in [2.75, 3.05) is 11.3 Å². The van der Waals surface area contributed by atoms with E-state index in [0.29, 0.717) is 0 Å². The van der Waals surface area contributed by atoms with Crippen molar-refractivity contribution in [3.63, 3.8) is 0 Å². The largest absolute Gasteiger partial charge is 1.00 e. The number of aliphatic hydroxyl groups is 1. The van der Waals surface area contributed by atoms with Crippen LogP contribution in [-0.2, 0) is 14.8 Å². The van der Waals surface area contributed by atoms with Gasteiger partial charge in [-0.3, -0.25) is 11.0 Å². The minimum atomic E-state index is -4.45. The number of sulfonamides is 1. The summed E-state index contributed by atoms with van der Waals surface area (Å²) in [5.41, 5.74) is -4.44. The van der Waals surface area contributed by atoms with Gasteiger partial charge in [0.05, 0.1) is 0 Å². The molecule has 1 unspecified atom stereocenters. The molecule has 0 aromatic heterocycles. The third kappa shape index (κ3) is 11.5. The van der Waals surface area contributed by atoms with Crippen LogP contribution in [-0.4, -0.2) is 31.9 Å². The van der Waals surface area contributed by atoms with Gasteiger partial charge in [-0.15, -0.1) is 12.0 Å². The van der Waals surface area contributed by atoms with Gasteiger partial charge in [-0.25, -0.2) is 8.42 Å². The van der Waals surface area contributed by atoms with Gasteiger partial charge in [0.15, 0.2) is 0 Å². The SMILES string of the molecule is CC(C)C([C-]=O)CO.O=S(=O)(Nc1cccc(SC(F)(F)F)c1)c1cc[c-]cc1Cl.[K+]. The standard InChI is InChI=1S/C13H8ClF3NO2S2.C6H11O2.K/c14-11-6-1-2-7-12(11)22(19,20)18-9-4-3-5-10(8-9)21-13(15,16)17;1-5(2)6(3-7)4-8;/h2-8,18H;5-7H,3H2,1-2H3;/q2*-1;+1. The number of benzene rings is 2. The van der Waals surface area contributed by atoms with E-state index in [2.05, 4.69) is 10.8 Å². The van der Waals surface area contributed by atoms with Crippen LogP contribution in [0, 0.1) is 17.9 Å². The molecule has 2 N–H and O–H groups in total. The zero-order chi connectivity index (χ0) is 22.9. The Morgan fingerprint density at radius 1 is 1.29 bits per heavy atom. The van der Waals surface area contributed by atoms with Gasteiger partial charge in [-0.05, 0) is 34.9 Å². The maximum atomic E-state index is 12.3. The van der Waals surface area contributed by atoms with E-state index in [1.54, 1.807) is 6.29 Å². The Labute approximate surface area is 231 Å². The summed E-state index contributed by atoms with van der Waals surface area (Å²) in [5, 5.41) is 8.40. The molecule has 2 aromatic rings. The summed E-state index contributed by atoms with van der Waals surface area (Å²) in [6.45, 7) is 3.68. The molecule has 5 nitrogen and oxygen atoms in total. The van der Waals surface area contributed by atoms with Crippen LogP contribution in [0.5, 0.6) is 0 Å². The number of alkyl halides is 3. The molecule has 0 aliphatic rings. The van der Waals surface area contributed by atoms with Gasteiger partial charge < -0.3 is 9.90 Å². The Kier molecular flexibility index (Phi) is 14.2. The first-order chi connectivity index (χ1) is 13.9. The van der Waals surface area contributed by atoms with E-state index in [4.69, 9.17) is 16.7 Å². The van der Waals surface area contributed by atoms with Crippen molar-refractivity contribution in [1.29, 1.82) is 0 Å². The Bertz CT molecular complexity index is 944. The molecule has 0 heterocycles. The zero-order valence-electron chi connectivity index (χ0n) is 16.9.